The van der Waals surface area contributed by atoms with Crippen LogP contribution in [0.2, 0.25) is 0 Å². The largest absolute Gasteiger partial charge is 0.457 e. The summed E-state index contributed by atoms with van der Waals surface area (Å²) in [6, 6.07) is 26.4. The molecule has 1 amide bonds. The fourth-order valence-electron chi connectivity index (χ4n) is 3.67. The minimum Gasteiger partial charge on any atom is -0.457 e. The van der Waals surface area contributed by atoms with Gasteiger partial charge in [-0.05, 0) is 42.5 Å². The highest BCUT2D eigenvalue weighted by atomic mass is 19.4. The number of hydrogen-bond donors (Lipinski definition) is 0. The molecule has 0 spiro atoms. The zero-order chi connectivity index (χ0) is 23.7. The van der Waals surface area contributed by atoms with Crippen molar-refractivity contribution in [2.45, 2.75) is 6.18 Å². The van der Waals surface area contributed by atoms with Crippen molar-refractivity contribution in [3.8, 4) is 11.3 Å². The predicted molar refractivity (Wildman–Crippen MR) is 124 cm³/mol. The maximum atomic E-state index is 13.3. The Morgan fingerprint density at radius 2 is 1.47 bits per heavy atom. The fourth-order valence-corrected chi connectivity index (χ4v) is 3.67. The smallest absolute Gasteiger partial charge is 0.416 e. The third kappa shape index (κ3) is 4.15. The number of furan rings is 1. The Hall–Kier alpha value is -4.39. The Balaban J connectivity index is 1.53. The van der Waals surface area contributed by atoms with Gasteiger partial charge in [-0.1, -0.05) is 60.7 Å². The number of para-hydroxylation sites is 1. The molecule has 1 aliphatic rings. The molecule has 0 aliphatic carbocycles. The van der Waals surface area contributed by atoms with Crippen LogP contribution >= 0.6 is 0 Å². The lowest BCUT2D eigenvalue weighted by Gasteiger charge is -2.10. The van der Waals surface area contributed by atoms with E-state index < -0.39 is 11.7 Å². The zero-order valence-corrected chi connectivity index (χ0v) is 17.7. The van der Waals surface area contributed by atoms with Crippen molar-refractivity contribution in [3.05, 3.63) is 120 Å². The number of hydrazone groups is 1. The van der Waals surface area contributed by atoms with E-state index in [9.17, 15) is 18.0 Å². The van der Waals surface area contributed by atoms with Crippen molar-refractivity contribution in [2.75, 3.05) is 5.01 Å². The summed E-state index contributed by atoms with van der Waals surface area (Å²) in [7, 11) is 0. The first-order valence-corrected chi connectivity index (χ1v) is 10.4. The first kappa shape index (κ1) is 21.5. The summed E-state index contributed by atoms with van der Waals surface area (Å²) in [4.78, 5) is 13.3. The highest BCUT2D eigenvalue weighted by molar-refractivity contribution is 6.37. The number of nitrogens with zero attached hydrogens (tertiary/aromatic N) is 2. The van der Waals surface area contributed by atoms with Gasteiger partial charge in [-0.15, -0.1) is 0 Å². The second-order valence-electron chi connectivity index (χ2n) is 7.61. The van der Waals surface area contributed by atoms with Gasteiger partial charge in [0.05, 0.1) is 16.8 Å². The molecule has 1 aliphatic heterocycles. The van der Waals surface area contributed by atoms with Gasteiger partial charge in [-0.2, -0.15) is 23.3 Å². The maximum absolute atomic E-state index is 13.3. The van der Waals surface area contributed by atoms with E-state index in [4.69, 9.17) is 4.42 Å². The number of carbonyl (C=O) groups excluding carboxylic acids is 1. The molecule has 0 saturated carbocycles. The van der Waals surface area contributed by atoms with Crippen molar-refractivity contribution in [3.63, 3.8) is 0 Å². The van der Waals surface area contributed by atoms with E-state index in [0.29, 0.717) is 28.3 Å². The van der Waals surface area contributed by atoms with Gasteiger partial charge in [0.2, 0.25) is 0 Å². The molecule has 0 fully saturated rings. The predicted octanol–water partition coefficient (Wildman–Crippen LogP) is 6.80. The van der Waals surface area contributed by atoms with Crippen LogP contribution in [-0.4, -0.2) is 11.6 Å². The lowest BCUT2D eigenvalue weighted by molar-refractivity contribution is -0.137. The van der Waals surface area contributed by atoms with E-state index in [1.165, 1.54) is 11.1 Å². The number of anilines is 1. The van der Waals surface area contributed by atoms with Crippen molar-refractivity contribution >= 4 is 23.4 Å². The van der Waals surface area contributed by atoms with Crippen molar-refractivity contribution in [2.24, 2.45) is 5.10 Å². The average molecular weight is 458 g/mol. The molecule has 5 rings (SSSR count). The van der Waals surface area contributed by atoms with Crippen LogP contribution < -0.4 is 5.01 Å². The molecule has 3 aromatic carbocycles. The first-order chi connectivity index (χ1) is 16.4. The molecule has 1 aromatic heterocycles. The third-order valence-electron chi connectivity index (χ3n) is 5.31. The molecule has 168 valence electrons. The Morgan fingerprint density at radius 3 is 2.18 bits per heavy atom. The van der Waals surface area contributed by atoms with Crippen LogP contribution in [0.15, 0.2) is 112 Å². The minimum absolute atomic E-state index is 0.265. The summed E-state index contributed by atoms with van der Waals surface area (Å²) in [5.41, 5.74) is 1.70. The molecule has 4 aromatic rings. The molecule has 7 heteroatoms. The van der Waals surface area contributed by atoms with Gasteiger partial charge in [0, 0.05) is 11.1 Å². The van der Waals surface area contributed by atoms with Crippen molar-refractivity contribution in [1.29, 1.82) is 0 Å². The highest BCUT2D eigenvalue weighted by Crippen LogP contribution is 2.33. The number of alkyl halides is 3. The summed E-state index contributed by atoms with van der Waals surface area (Å²) < 4.78 is 45.1. The van der Waals surface area contributed by atoms with Gasteiger partial charge in [0.15, 0.2) is 0 Å². The number of carbonyl (C=O) groups is 1. The average Bonchev–Trinajstić information content (AvgIpc) is 3.45. The third-order valence-corrected chi connectivity index (χ3v) is 5.31. The summed E-state index contributed by atoms with van der Waals surface area (Å²) in [5, 5.41) is 5.88. The molecule has 0 unspecified atom stereocenters. The Kier molecular flexibility index (Phi) is 5.37. The lowest BCUT2D eigenvalue weighted by atomic mass is 10.0. The molecular weight excluding hydrogens is 441 g/mol. The van der Waals surface area contributed by atoms with Gasteiger partial charge >= 0.3 is 6.18 Å². The second-order valence-corrected chi connectivity index (χ2v) is 7.61. The van der Waals surface area contributed by atoms with Crippen LogP contribution in [0.4, 0.5) is 18.9 Å². The van der Waals surface area contributed by atoms with Gasteiger partial charge in [0.25, 0.3) is 5.91 Å². The standard InChI is InChI=1S/C27H17F3N2O2/c28-27(29,30)20-11-7-10-19(16-20)24-15-14-22(34-24)17-23-25(18-8-3-1-4-9-18)31-32(26(23)33)21-12-5-2-6-13-21/h1-17H/b23-17-. The maximum Gasteiger partial charge on any atom is 0.416 e. The second kappa shape index (κ2) is 8.51. The molecular formula is C27H17F3N2O2. The first-order valence-electron chi connectivity index (χ1n) is 10.4. The quantitative estimate of drug-likeness (QED) is 0.316. The van der Waals surface area contributed by atoms with E-state index in [0.717, 1.165) is 17.7 Å². The molecule has 2 heterocycles. The Labute approximate surface area is 193 Å². The van der Waals surface area contributed by atoms with Gasteiger partial charge in [0.1, 0.15) is 17.2 Å². The monoisotopic (exact) mass is 458 g/mol. The molecule has 0 atom stereocenters. The van der Waals surface area contributed by atoms with Gasteiger partial charge in [-0.25, -0.2) is 0 Å². The molecule has 4 nitrogen and oxygen atoms in total. The van der Waals surface area contributed by atoms with Crippen LogP contribution in [0, 0.1) is 0 Å². The van der Waals surface area contributed by atoms with Crippen LogP contribution in [0.25, 0.3) is 17.4 Å². The van der Waals surface area contributed by atoms with Crippen LogP contribution in [0.5, 0.6) is 0 Å². The van der Waals surface area contributed by atoms with E-state index in [1.807, 2.05) is 48.5 Å². The van der Waals surface area contributed by atoms with Crippen LogP contribution in [0.3, 0.4) is 0 Å². The van der Waals surface area contributed by atoms with Crippen molar-refractivity contribution in [1.82, 2.24) is 0 Å². The number of hydrogen-bond acceptors (Lipinski definition) is 3. The van der Waals surface area contributed by atoms with E-state index in [-0.39, 0.29) is 11.7 Å². The minimum atomic E-state index is -4.45. The Morgan fingerprint density at radius 1 is 0.794 bits per heavy atom. The summed E-state index contributed by atoms with van der Waals surface area (Å²) in [6.45, 7) is 0. The molecule has 0 radical (unpaired) electrons. The number of rotatable bonds is 4. The van der Waals surface area contributed by atoms with E-state index >= 15 is 0 Å². The summed E-state index contributed by atoms with van der Waals surface area (Å²) >= 11 is 0. The Bertz CT molecular complexity index is 1400. The topological polar surface area (TPSA) is 45.8 Å². The SMILES string of the molecule is O=C1/C(=C\c2ccc(-c3cccc(C(F)(F)F)c3)o2)C(c2ccccc2)=NN1c1ccccc1. The summed E-state index contributed by atoms with van der Waals surface area (Å²) in [6.07, 6.45) is -2.89. The zero-order valence-electron chi connectivity index (χ0n) is 17.7. The van der Waals surface area contributed by atoms with E-state index in [1.54, 1.807) is 36.4 Å². The highest BCUT2D eigenvalue weighted by Gasteiger charge is 2.33. The van der Waals surface area contributed by atoms with Crippen LogP contribution in [0.1, 0.15) is 16.9 Å². The molecule has 0 saturated heterocycles. The normalized spacial score (nSPS) is 15.1. The van der Waals surface area contributed by atoms with Gasteiger partial charge in [-0.3, -0.25) is 4.79 Å². The molecule has 34 heavy (non-hydrogen) atoms. The molecule has 0 bridgehead atoms. The number of benzene rings is 3. The van der Waals surface area contributed by atoms with Gasteiger partial charge < -0.3 is 4.42 Å². The lowest BCUT2D eigenvalue weighted by Crippen LogP contribution is -2.21. The number of halogens is 3. The number of amides is 1. The fraction of sp³-hybridized carbons (Fsp3) is 0.0370. The van der Waals surface area contributed by atoms with E-state index in [2.05, 4.69) is 5.10 Å². The molecule has 0 N–H and O–H groups in total. The van der Waals surface area contributed by atoms with Crippen LogP contribution in [-0.2, 0) is 11.0 Å². The van der Waals surface area contributed by atoms with Crippen molar-refractivity contribution < 1.29 is 22.4 Å². The summed E-state index contributed by atoms with van der Waals surface area (Å²) in [5.74, 6) is 0.262.